The number of carbonyl (C=O) groups is 1. The molecule has 88 valence electrons. The van der Waals surface area contributed by atoms with Crippen LogP contribution in [0.15, 0.2) is 18.2 Å². The monoisotopic (exact) mass is 247 g/mol. The van der Waals surface area contributed by atoms with Gasteiger partial charge in [0, 0.05) is 11.3 Å². The van der Waals surface area contributed by atoms with Gasteiger partial charge in [-0.3, -0.25) is 9.52 Å². The highest BCUT2D eigenvalue weighted by Gasteiger charge is 2.09. The Balaban J connectivity index is 3.02. The van der Waals surface area contributed by atoms with E-state index >= 15 is 0 Å². The van der Waals surface area contributed by atoms with E-state index in [9.17, 15) is 17.6 Å². The van der Waals surface area contributed by atoms with Crippen LogP contribution in [-0.2, 0) is 21.2 Å². The minimum Gasteiger partial charge on any atom is -0.481 e. The molecule has 2 N–H and O–H groups in total. The fraction of sp³-hybridized carbons (Fsp3) is 0.222. The first-order valence-electron chi connectivity index (χ1n) is 4.26. The number of benzene rings is 1. The standard InChI is InChI=1S/C9H10FNO4S/c1-16(14,15)11-7-2-3-8(10)6(4-7)5-9(12)13/h2-4,11H,5H2,1H3,(H,12,13). The van der Waals surface area contributed by atoms with E-state index in [0.29, 0.717) is 0 Å². The highest BCUT2D eigenvalue weighted by Crippen LogP contribution is 2.16. The summed E-state index contributed by atoms with van der Waals surface area (Å²) < 4.78 is 37.1. The lowest BCUT2D eigenvalue weighted by molar-refractivity contribution is -0.136. The summed E-state index contributed by atoms with van der Waals surface area (Å²) in [6, 6.07) is 3.40. The minimum absolute atomic E-state index is 0.0684. The normalized spacial score (nSPS) is 11.1. The molecule has 0 heterocycles. The molecular formula is C9H10FNO4S. The summed E-state index contributed by atoms with van der Waals surface area (Å²) in [5.41, 5.74) is 0.0706. The third-order valence-corrected chi connectivity index (χ3v) is 2.30. The van der Waals surface area contributed by atoms with E-state index in [1.54, 1.807) is 0 Å². The van der Waals surface area contributed by atoms with Gasteiger partial charge in [-0.15, -0.1) is 0 Å². The maximum absolute atomic E-state index is 13.1. The van der Waals surface area contributed by atoms with Crippen LogP contribution in [0.4, 0.5) is 10.1 Å². The Hall–Kier alpha value is -1.63. The molecule has 1 aromatic rings. The van der Waals surface area contributed by atoms with Crippen molar-refractivity contribution >= 4 is 21.7 Å². The lowest BCUT2D eigenvalue weighted by atomic mass is 10.1. The predicted molar refractivity (Wildman–Crippen MR) is 56.2 cm³/mol. The summed E-state index contributed by atoms with van der Waals surface area (Å²) >= 11 is 0. The van der Waals surface area contributed by atoms with Crippen molar-refractivity contribution < 1.29 is 22.7 Å². The van der Waals surface area contributed by atoms with Crippen molar-refractivity contribution in [1.82, 2.24) is 0 Å². The second-order valence-electron chi connectivity index (χ2n) is 3.25. The van der Waals surface area contributed by atoms with Crippen LogP contribution in [0.5, 0.6) is 0 Å². The molecule has 0 aromatic heterocycles. The van der Waals surface area contributed by atoms with Crippen LogP contribution in [-0.4, -0.2) is 25.7 Å². The lowest BCUT2D eigenvalue weighted by Crippen LogP contribution is -2.10. The Kier molecular flexibility index (Phi) is 3.48. The van der Waals surface area contributed by atoms with E-state index in [-0.39, 0.29) is 11.3 Å². The van der Waals surface area contributed by atoms with Crippen LogP contribution in [0.3, 0.4) is 0 Å². The van der Waals surface area contributed by atoms with Gasteiger partial charge in [0.05, 0.1) is 12.7 Å². The second-order valence-corrected chi connectivity index (χ2v) is 5.00. The van der Waals surface area contributed by atoms with Crippen molar-refractivity contribution in [3.05, 3.63) is 29.6 Å². The number of anilines is 1. The maximum Gasteiger partial charge on any atom is 0.307 e. The molecule has 5 nitrogen and oxygen atoms in total. The quantitative estimate of drug-likeness (QED) is 0.825. The molecule has 0 aliphatic rings. The van der Waals surface area contributed by atoms with Gasteiger partial charge in [-0.25, -0.2) is 12.8 Å². The van der Waals surface area contributed by atoms with Gasteiger partial charge in [-0.05, 0) is 18.2 Å². The summed E-state index contributed by atoms with van der Waals surface area (Å²) in [7, 11) is -3.46. The maximum atomic E-state index is 13.1. The SMILES string of the molecule is CS(=O)(=O)Nc1ccc(F)c(CC(=O)O)c1. The molecule has 0 fully saturated rings. The molecule has 7 heteroatoms. The summed E-state index contributed by atoms with van der Waals surface area (Å²) in [6.45, 7) is 0. The molecule has 0 spiro atoms. The number of carboxylic acids is 1. The topological polar surface area (TPSA) is 83.5 Å². The molecule has 0 radical (unpaired) electrons. The number of rotatable bonds is 4. The van der Waals surface area contributed by atoms with Gasteiger partial charge >= 0.3 is 5.97 Å². The molecule has 0 unspecified atom stereocenters. The largest absolute Gasteiger partial charge is 0.481 e. The van der Waals surface area contributed by atoms with Crippen LogP contribution in [0.25, 0.3) is 0 Å². The van der Waals surface area contributed by atoms with Crippen LogP contribution in [0.1, 0.15) is 5.56 Å². The molecule has 0 amide bonds. The first-order valence-corrected chi connectivity index (χ1v) is 6.15. The molecule has 0 aliphatic heterocycles. The zero-order valence-corrected chi connectivity index (χ0v) is 9.21. The van der Waals surface area contributed by atoms with Crippen molar-refractivity contribution in [2.24, 2.45) is 0 Å². The van der Waals surface area contributed by atoms with Gasteiger partial charge in [-0.1, -0.05) is 0 Å². The van der Waals surface area contributed by atoms with Gasteiger partial charge in [0.15, 0.2) is 0 Å². The highest BCUT2D eigenvalue weighted by molar-refractivity contribution is 7.92. The molecule has 1 rings (SSSR count). The zero-order chi connectivity index (χ0) is 12.3. The van der Waals surface area contributed by atoms with Gasteiger partial charge in [0.2, 0.25) is 10.0 Å². The van der Waals surface area contributed by atoms with E-state index in [2.05, 4.69) is 4.72 Å². The molecule has 0 saturated heterocycles. The first-order chi connectivity index (χ1) is 7.28. The number of sulfonamides is 1. The molecule has 0 saturated carbocycles. The van der Waals surface area contributed by atoms with Crippen LogP contribution >= 0.6 is 0 Å². The van der Waals surface area contributed by atoms with Crippen LogP contribution < -0.4 is 4.72 Å². The van der Waals surface area contributed by atoms with Gasteiger partial charge in [0.1, 0.15) is 5.82 Å². The smallest absolute Gasteiger partial charge is 0.307 e. The van der Waals surface area contributed by atoms with E-state index < -0.39 is 28.2 Å². The predicted octanol–water partition coefficient (Wildman–Crippen LogP) is 0.824. The Morgan fingerprint density at radius 2 is 2.12 bits per heavy atom. The van der Waals surface area contributed by atoms with Gasteiger partial charge in [0.25, 0.3) is 0 Å². The average molecular weight is 247 g/mol. The Labute approximate surface area is 92.0 Å². The molecule has 0 bridgehead atoms. The zero-order valence-electron chi connectivity index (χ0n) is 8.40. The fourth-order valence-electron chi connectivity index (χ4n) is 1.15. The van der Waals surface area contributed by atoms with Crippen LogP contribution in [0, 0.1) is 5.82 Å². The van der Waals surface area contributed by atoms with Crippen molar-refractivity contribution in [3.63, 3.8) is 0 Å². The summed E-state index contributed by atoms with van der Waals surface area (Å²) in [6.07, 6.45) is 0.457. The number of carboxylic acid groups (broad SMARTS) is 1. The van der Waals surface area contributed by atoms with Crippen molar-refractivity contribution in [2.75, 3.05) is 11.0 Å². The fourth-order valence-corrected chi connectivity index (χ4v) is 1.71. The van der Waals surface area contributed by atoms with Crippen LogP contribution in [0.2, 0.25) is 0 Å². The third kappa shape index (κ3) is 3.85. The number of halogens is 1. The summed E-state index contributed by atoms with van der Waals surface area (Å²) in [4.78, 5) is 10.4. The van der Waals surface area contributed by atoms with E-state index in [0.717, 1.165) is 18.4 Å². The number of aliphatic carboxylic acids is 1. The Bertz CT molecular complexity index is 512. The van der Waals surface area contributed by atoms with Gasteiger partial charge < -0.3 is 5.11 Å². The molecule has 1 aromatic carbocycles. The first kappa shape index (κ1) is 12.4. The van der Waals surface area contributed by atoms with Gasteiger partial charge in [-0.2, -0.15) is 0 Å². The Morgan fingerprint density at radius 3 is 2.62 bits per heavy atom. The third-order valence-electron chi connectivity index (χ3n) is 1.69. The number of hydrogen-bond donors (Lipinski definition) is 2. The second kappa shape index (κ2) is 4.48. The van der Waals surface area contributed by atoms with E-state index in [1.165, 1.54) is 6.07 Å². The Morgan fingerprint density at radius 1 is 1.50 bits per heavy atom. The van der Waals surface area contributed by atoms with Crippen molar-refractivity contribution in [1.29, 1.82) is 0 Å². The van der Waals surface area contributed by atoms with Crippen molar-refractivity contribution in [2.45, 2.75) is 6.42 Å². The number of hydrogen-bond acceptors (Lipinski definition) is 3. The molecule has 16 heavy (non-hydrogen) atoms. The minimum atomic E-state index is -3.46. The highest BCUT2D eigenvalue weighted by atomic mass is 32.2. The van der Waals surface area contributed by atoms with Crippen molar-refractivity contribution in [3.8, 4) is 0 Å². The molecule has 0 aliphatic carbocycles. The number of nitrogens with one attached hydrogen (secondary N) is 1. The average Bonchev–Trinajstić information content (AvgIpc) is 2.07. The molecule has 0 atom stereocenters. The van der Waals surface area contributed by atoms with E-state index in [1.807, 2.05) is 0 Å². The summed E-state index contributed by atoms with van der Waals surface area (Å²) in [5, 5.41) is 8.51. The summed E-state index contributed by atoms with van der Waals surface area (Å²) in [5.74, 6) is -1.86. The van der Waals surface area contributed by atoms with E-state index in [4.69, 9.17) is 5.11 Å². The molecular weight excluding hydrogens is 237 g/mol. The lowest BCUT2D eigenvalue weighted by Gasteiger charge is -2.06.